The highest BCUT2D eigenvalue weighted by Crippen LogP contribution is 2.31. The van der Waals surface area contributed by atoms with E-state index in [1.807, 2.05) is 48.7 Å². The van der Waals surface area contributed by atoms with Crippen LogP contribution in [-0.2, 0) is 16.0 Å². The predicted octanol–water partition coefficient (Wildman–Crippen LogP) is 4.68. The number of amides is 1. The Kier molecular flexibility index (Phi) is 9.33. The summed E-state index contributed by atoms with van der Waals surface area (Å²) in [4.78, 5) is 24.5. The topological polar surface area (TPSA) is 80.2 Å². The van der Waals surface area contributed by atoms with Gasteiger partial charge < -0.3 is 14.8 Å². The second-order valence-electron chi connectivity index (χ2n) is 8.55. The average Bonchev–Trinajstić information content (AvgIpc) is 2.83. The van der Waals surface area contributed by atoms with Crippen LogP contribution >= 0.6 is 12.4 Å². The fourth-order valence-electron chi connectivity index (χ4n) is 4.19. The number of carbonyl (C=O) groups excluding carboxylic acids is 2. The van der Waals surface area contributed by atoms with Crippen LogP contribution in [0.5, 0.6) is 5.75 Å². The molecule has 2 aliphatic rings. The molecule has 4 rings (SSSR count). The monoisotopic (exact) mass is 485 g/mol. The zero-order chi connectivity index (χ0) is 23.0. The van der Waals surface area contributed by atoms with Crippen LogP contribution in [0.4, 0.5) is 5.69 Å². The molecule has 1 atom stereocenters. The van der Waals surface area contributed by atoms with E-state index in [2.05, 4.69) is 15.4 Å². The summed E-state index contributed by atoms with van der Waals surface area (Å²) in [6.45, 7) is 4.69. The van der Waals surface area contributed by atoms with Crippen LogP contribution < -0.4 is 10.1 Å². The van der Waals surface area contributed by atoms with Gasteiger partial charge in [-0.25, -0.2) is 0 Å². The summed E-state index contributed by atoms with van der Waals surface area (Å²) in [5, 5.41) is 9.60. The fourth-order valence-corrected chi connectivity index (χ4v) is 4.19. The highest BCUT2D eigenvalue weighted by molar-refractivity contribution is 6.04. The molecule has 0 aliphatic carbocycles. The van der Waals surface area contributed by atoms with Gasteiger partial charge in [0.1, 0.15) is 5.75 Å². The van der Waals surface area contributed by atoms with E-state index in [4.69, 9.17) is 9.47 Å². The summed E-state index contributed by atoms with van der Waals surface area (Å²) < 4.78 is 10.9. The van der Waals surface area contributed by atoms with Crippen molar-refractivity contribution in [2.75, 3.05) is 31.6 Å². The van der Waals surface area contributed by atoms with E-state index >= 15 is 0 Å². The molecule has 34 heavy (non-hydrogen) atoms. The largest absolute Gasteiger partial charge is 0.493 e. The SMILES string of the molecule is CCOC(=O)CC1COc2ccc(NC(=O)c3ccc(C=NN4CCCCC4)cc3)cc2C1.Cl. The molecule has 8 heteroatoms. The van der Waals surface area contributed by atoms with E-state index in [0.29, 0.717) is 37.3 Å². The van der Waals surface area contributed by atoms with Crippen molar-refractivity contribution in [2.24, 2.45) is 11.0 Å². The van der Waals surface area contributed by atoms with Crippen LogP contribution in [0.1, 0.15) is 54.1 Å². The van der Waals surface area contributed by atoms with Crippen molar-refractivity contribution in [3.05, 3.63) is 59.2 Å². The Balaban J connectivity index is 0.00000324. The quantitative estimate of drug-likeness (QED) is 0.454. The maximum atomic E-state index is 12.7. The first-order valence-electron chi connectivity index (χ1n) is 11.7. The number of carbonyl (C=O) groups is 2. The standard InChI is InChI=1S/C26H31N3O4.ClH/c1-2-32-25(30)15-20-14-22-16-23(10-11-24(22)33-18-20)28-26(31)21-8-6-19(7-9-21)17-27-29-12-4-3-5-13-29;/h6-11,16-17,20H,2-5,12-15,18H2,1H3,(H,28,31);1H. The normalized spacial score (nSPS) is 17.3. The fraction of sp³-hybridized carbons (Fsp3) is 0.423. The molecule has 7 nitrogen and oxygen atoms in total. The van der Waals surface area contributed by atoms with Crippen LogP contribution in [0.15, 0.2) is 47.6 Å². The molecular formula is C26H32ClN3O4. The second kappa shape index (κ2) is 12.4. The van der Waals surface area contributed by atoms with Gasteiger partial charge in [-0.15, -0.1) is 12.4 Å². The Hall–Kier alpha value is -3.06. The van der Waals surface area contributed by atoms with Crippen molar-refractivity contribution >= 4 is 36.2 Å². The van der Waals surface area contributed by atoms with Crippen molar-refractivity contribution in [1.82, 2.24) is 5.01 Å². The summed E-state index contributed by atoms with van der Waals surface area (Å²) in [7, 11) is 0. The van der Waals surface area contributed by atoms with E-state index in [1.165, 1.54) is 19.3 Å². The molecule has 1 fully saturated rings. The van der Waals surface area contributed by atoms with E-state index < -0.39 is 0 Å². The van der Waals surface area contributed by atoms with Gasteiger partial charge in [0.2, 0.25) is 0 Å². The lowest BCUT2D eigenvalue weighted by molar-refractivity contribution is -0.144. The van der Waals surface area contributed by atoms with Gasteiger partial charge in [0.15, 0.2) is 0 Å². The van der Waals surface area contributed by atoms with Crippen molar-refractivity contribution in [2.45, 2.75) is 39.0 Å². The number of ether oxygens (including phenoxy) is 2. The number of hydrogen-bond acceptors (Lipinski definition) is 6. The molecule has 1 saturated heterocycles. The smallest absolute Gasteiger partial charge is 0.306 e. The zero-order valence-electron chi connectivity index (χ0n) is 19.5. The Labute approximate surface area is 206 Å². The van der Waals surface area contributed by atoms with E-state index in [0.717, 1.165) is 30.0 Å². The Morgan fingerprint density at radius 3 is 2.65 bits per heavy atom. The van der Waals surface area contributed by atoms with Crippen LogP contribution in [-0.4, -0.2) is 49.4 Å². The van der Waals surface area contributed by atoms with Crippen molar-refractivity contribution in [3.63, 3.8) is 0 Å². The Bertz CT molecular complexity index is 1000. The number of benzene rings is 2. The highest BCUT2D eigenvalue weighted by Gasteiger charge is 2.23. The summed E-state index contributed by atoms with van der Waals surface area (Å²) >= 11 is 0. The molecule has 0 bridgehead atoms. The lowest BCUT2D eigenvalue weighted by Gasteiger charge is -2.25. The first kappa shape index (κ1) is 25.6. The molecule has 0 saturated carbocycles. The van der Waals surface area contributed by atoms with Crippen LogP contribution in [0.3, 0.4) is 0 Å². The van der Waals surface area contributed by atoms with Gasteiger partial charge in [0, 0.05) is 30.3 Å². The summed E-state index contributed by atoms with van der Waals surface area (Å²) in [6, 6.07) is 13.1. The van der Waals surface area contributed by atoms with Gasteiger partial charge >= 0.3 is 5.97 Å². The Morgan fingerprint density at radius 2 is 1.91 bits per heavy atom. The van der Waals surface area contributed by atoms with E-state index in [1.54, 1.807) is 6.92 Å². The predicted molar refractivity (Wildman–Crippen MR) is 135 cm³/mol. The second-order valence-corrected chi connectivity index (χ2v) is 8.55. The Morgan fingerprint density at radius 1 is 1.15 bits per heavy atom. The minimum atomic E-state index is -0.205. The van der Waals surface area contributed by atoms with Crippen molar-refractivity contribution in [1.29, 1.82) is 0 Å². The molecule has 2 aliphatic heterocycles. The molecule has 2 aromatic rings. The van der Waals surface area contributed by atoms with Crippen molar-refractivity contribution in [3.8, 4) is 5.75 Å². The van der Waals surface area contributed by atoms with Gasteiger partial charge in [0.05, 0.1) is 25.8 Å². The van der Waals surface area contributed by atoms with Gasteiger partial charge in [-0.3, -0.25) is 14.6 Å². The van der Waals surface area contributed by atoms with Crippen LogP contribution in [0, 0.1) is 5.92 Å². The van der Waals surface area contributed by atoms with Crippen LogP contribution in [0.25, 0.3) is 0 Å². The minimum absolute atomic E-state index is 0. The average molecular weight is 486 g/mol. The molecule has 182 valence electrons. The number of nitrogens with zero attached hydrogens (tertiary/aromatic N) is 2. The van der Waals surface area contributed by atoms with Crippen LogP contribution in [0.2, 0.25) is 0 Å². The number of fused-ring (bicyclic) bond motifs is 1. The van der Waals surface area contributed by atoms with Gasteiger partial charge in [-0.1, -0.05) is 12.1 Å². The zero-order valence-corrected chi connectivity index (χ0v) is 20.3. The summed E-state index contributed by atoms with van der Waals surface area (Å²) in [6.07, 6.45) is 6.55. The van der Waals surface area contributed by atoms with E-state index in [9.17, 15) is 9.59 Å². The number of rotatable bonds is 7. The van der Waals surface area contributed by atoms with Gasteiger partial charge in [-0.05, 0) is 74.1 Å². The molecular weight excluding hydrogens is 454 g/mol. The molecule has 0 spiro atoms. The molecule has 0 aromatic heterocycles. The highest BCUT2D eigenvalue weighted by atomic mass is 35.5. The van der Waals surface area contributed by atoms with Gasteiger partial charge in [0.25, 0.3) is 5.91 Å². The number of halogens is 1. The molecule has 0 radical (unpaired) electrons. The lowest BCUT2D eigenvalue weighted by Crippen LogP contribution is -2.24. The maximum absolute atomic E-state index is 12.7. The lowest BCUT2D eigenvalue weighted by atomic mass is 9.93. The summed E-state index contributed by atoms with van der Waals surface area (Å²) in [5.74, 6) is 0.491. The number of piperidine rings is 1. The van der Waals surface area contributed by atoms with Crippen molar-refractivity contribution < 1.29 is 19.1 Å². The third-order valence-corrected chi connectivity index (χ3v) is 5.94. The number of hydrazone groups is 1. The third kappa shape index (κ3) is 6.97. The molecule has 1 amide bonds. The molecule has 1 N–H and O–H groups in total. The third-order valence-electron chi connectivity index (χ3n) is 5.94. The minimum Gasteiger partial charge on any atom is -0.493 e. The summed E-state index contributed by atoms with van der Waals surface area (Å²) in [5.41, 5.74) is 3.24. The van der Waals surface area contributed by atoms with E-state index in [-0.39, 0.29) is 30.2 Å². The molecule has 2 heterocycles. The molecule has 2 aromatic carbocycles. The number of anilines is 1. The number of esters is 1. The first-order valence-corrected chi connectivity index (χ1v) is 11.7. The van der Waals surface area contributed by atoms with Gasteiger partial charge in [-0.2, -0.15) is 5.10 Å². The number of nitrogens with one attached hydrogen (secondary N) is 1. The maximum Gasteiger partial charge on any atom is 0.306 e. The number of hydrogen-bond donors (Lipinski definition) is 1. The first-order chi connectivity index (χ1) is 16.1. The molecule has 1 unspecified atom stereocenters.